The summed E-state index contributed by atoms with van der Waals surface area (Å²) >= 11 is 0. The van der Waals surface area contributed by atoms with Crippen LogP contribution < -0.4 is 5.73 Å². The van der Waals surface area contributed by atoms with Gasteiger partial charge in [-0.05, 0) is 30.7 Å². The number of hydrogen-bond donors (Lipinski definition) is 1. The summed E-state index contributed by atoms with van der Waals surface area (Å²) in [5.74, 6) is 0.633. The Morgan fingerprint density at radius 3 is 2.82 bits per heavy atom. The Morgan fingerprint density at radius 2 is 2.18 bits per heavy atom. The van der Waals surface area contributed by atoms with Gasteiger partial charge in [0.25, 0.3) is 0 Å². The van der Waals surface area contributed by atoms with Gasteiger partial charge in [0.05, 0.1) is 6.20 Å². The molecule has 0 saturated heterocycles. The molecule has 1 aliphatic rings. The lowest BCUT2D eigenvalue weighted by molar-refractivity contribution is 0.641. The van der Waals surface area contributed by atoms with E-state index in [1.165, 1.54) is 5.56 Å². The first-order valence-corrected chi connectivity index (χ1v) is 6.20. The van der Waals surface area contributed by atoms with Crippen LogP contribution in [0, 0.1) is 5.92 Å². The van der Waals surface area contributed by atoms with Gasteiger partial charge >= 0.3 is 0 Å². The van der Waals surface area contributed by atoms with E-state index in [4.69, 9.17) is 5.73 Å². The number of hydrogen-bond acceptors (Lipinski definition) is 3. The second-order valence-corrected chi connectivity index (χ2v) is 5.54. The Bertz CT molecular complexity index is 552. The minimum absolute atomic E-state index is 0.158. The van der Waals surface area contributed by atoms with E-state index < -0.39 is 0 Å². The van der Waals surface area contributed by atoms with Gasteiger partial charge < -0.3 is 5.73 Å². The van der Waals surface area contributed by atoms with E-state index in [0.717, 1.165) is 30.5 Å². The van der Waals surface area contributed by atoms with Crippen molar-refractivity contribution in [2.45, 2.75) is 38.6 Å². The molecule has 3 rings (SSSR count). The van der Waals surface area contributed by atoms with Crippen molar-refractivity contribution < 1.29 is 0 Å². The molecule has 0 unspecified atom stereocenters. The van der Waals surface area contributed by atoms with E-state index in [2.05, 4.69) is 30.1 Å². The average Bonchev–Trinajstić information content (AvgIpc) is 2.87. The van der Waals surface area contributed by atoms with Crippen LogP contribution in [0.25, 0.3) is 5.65 Å². The second-order valence-electron chi connectivity index (χ2n) is 5.54. The molecule has 0 aliphatic heterocycles. The standard InChI is InChI=1S/C13H18N4/c1-9(2)5-10-6-15-12-11(13(14)3-4-13)7-16-17(12)8-10/h6-9H,3-5,14H2,1-2H3. The molecule has 2 N–H and O–H groups in total. The molecule has 90 valence electrons. The van der Waals surface area contributed by atoms with E-state index in [9.17, 15) is 0 Å². The van der Waals surface area contributed by atoms with E-state index in [1.807, 2.05) is 16.9 Å². The van der Waals surface area contributed by atoms with E-state index in [1.54, 1.807) is 0 Å². The fourth-order valence-corrected chi connectivity index (χ4v) is 2.25. The number of fused-ring (bicyclic) bond motifs is 1. The van der Waals surface area contributed by atoms with Crippen molar-refractivity contribution in [3.8, 4) is 0 Å². The van der Waals surface area contributed by atoms with Gasteiger partial charge in [-0.1, -0.05) is 13.8 Å². The van der Waals surface area contributed by atoms with Gasteiger partial charge in [-0.15, -0.1) is 0 Å². The summed E-state index contributed by atoms with van der Waals surface area (Å²) in [6, 6.07) is 0. The highest BCUT2D eigenvalue weighted by atomic mass is 15.2. The highest BCUT2D eigenvalue weighted by Gasteiger charge is 2.42. The van der Waals surface area contributed by atoms with Crippen molar-refractivity contribution in [1.82, 2.24) is 14.6 Å². The molecule has 0 bridgehead atoms. The van der Waals surface area contributed by atoms with E-state index >= 15 is 0 Å². The maximum atomic E-state index is 6.20. The number of nitrogens with two attached hydrogens (primary N) is 1. The number of aromatic nitrogens is 3. The molecule has 2 aromatic heterocycles. The fraction of sp³-hybridized carbons (Fsp3) is 0.538. The molecular weight excluding hydrogens is 212 g/mol. The molecule has 4 heteroatoms. The van der Waals surface area contributed by atoms with Crippen LogP contribution in [0.15, 0.2) is 18.6 Å². The Balaban J connectivity index is 2.02. The molecule has 0 atom stereocenters. The number of nitrogens with zero attached hydrogens (tertiary/aromatic N) is 3. The molecule has 1 aliphatic carbocycles. The molecule has 0 radical (unpaired) electrons. The van der Waals surface area contributed by atoms with Crippen molar-refractivity contribution in [3.63, 3.8) is 0 Å². The molecule has 2 aromatic rings. The van der Waals surface area contributed by atoms with Gasteiger partial charge in [0.2, 0.25) is 0 Å². The minimum atomic E-state index is -0.158. The number of rotatable bonds is 3. The van der Waals surface area contributed by atoms with Crippen LogP contribution in [0.1, 0.15) is 37.8 Å². The third kappa shape index (κ3) is 1.82. The van der Waals surface area contributed by atoms with Crippen LogP contribution in [0.3, 0.4) is 0 Å². The topological polar surface area (TPSA) is 56.2 Å². The van der Waals surface area contributed by atoms with Crippen molar-refractivity contribution in [1.29, 1.82) is 0 Å². The molecule has 4 nitrogen and oxygen atoms in total. The molecule has 0 spiro atoms. The van der Waals surface area contributed by atoms with Gasteiger partial charge in [0.15, 0.2) is 5.65 Å². The summed E-state index contributed by atoms with van der Waals surface area (Å²) in [7, 11) is 0. The Labute approximate surface area is 101 Å². The smallest absolute Gasteiger partial charge is 0.159 e. The average molecular weight is 230 g/mol. The van der Waals surface area contributed by atoms with Crippen LogP contribution in [-0.4, -0.2) is 14.6 Å². The lowest BCUT2D eigenvalue weighted by atomic mass is 10.1. The van der Waals surface area contributed by atoms with Gasteiger partial charge in [-0.3, -0.25) is 0 Å². The first kappa shape index (κ1) is 10.7. The van der Waals surface area contributed by atoms with E-state index in [-0.39, 0.29) is 5.54 Å². The van der Waals surface area contributed by atoms with Crippen LogP contribution >= 0.6 is 0 Å². The molecule has 17 heavy (non-hydrogen) atoms. The third-order valence-corrected chi connectivity index (χ3v) is 3.38. The Hall–Kier alpha value is -1.42. The summed E-state index contributed by atoms with van der Waals surface area (Å²) < 4.78 is 1.86. The van der Waals surface area contributed by atoms with Crippen molar-refractivity contribution >= 4 is 5.65 Å². The lowest BCUT2D eigenvalue weighted by Crippen LogP contribution is -2.18. The van der Waals surface area contributed by atoms with Gasteiger partial charge in [0, 0.05) is 23.5 Å². The molecule has 1 fully saturated rings. The zero-order valence-electron chi connectivity index (χ0n) is 10.3. The van der Waals surface area contributed by atoms with E-state index in [0.29, 0.717) is 5.92 Å². The summed E-state index contributed by atoms with van der Waals surface area (Å²) in [5, 5.41) is 4.37. The summed E-state index contributed by atoms with van der Waals surface area (Å²) in [6.45, 7) is 4.41. The molecule has 0 aromatic carbocycles. The SMILES string of the molecule is CC(C)Cc1cnc2c(C3(N)CC3)cnn2c1. The minimum Gasteiger partial charge on any atom is -0.321 e. The van der Waals surface area contributed by atoms with Gasteiger partial charge in [0.1, 0.15) is 0 Å². The summed E-state index contributed by atoms with van der Waals surface area (Å²) in [6.07, 6.45) is 9.01. The van der Waals surface area contributed by atoms with Gasteiger partial charge in [-0.2, -0.15) is 5.10 Å². The molecule has 0 amide bonds. The highest BCUT2D eigenvalue weighted by Crippen LogP contribution is 2.43. The predicted molar refractivity (Wildman–Crippen MR) is 66.6 cm³/mol. The van der Waals surface area contributed by atoms with Crippen LogP contribution in [0.5, 0.6) is 0 Å². The fourth-order valence-electron chi connectivity index (χ4n) is 2.25. The van der Waals surface area contributed by atoms with Crippen LogP contribution in [0.2, 0.25) is 0 Å². The van der Waals surface area contributed by atoms with Crippen molar-refractivity contribution in [2.24, 2.45) is 11.7 Å². The summed E-state index contributed by atoms with van der Waals surface area (Å²) in [5.41, 5.74) is 9.28. The predicted octanol–water partition coefficient (Wildman–Crippen LogP) is 1.88. The first-order valence-electron chi connectivity index (χ1n) is 6.20. The zero-order chi connectivity index (χ0) is 12.0. The Kier molecular flexibility index (Phi) is 2.23. The van der Waals surface area contributed by atoms with Crippen LogP contribution in [-0.2, 0) is 12.0 Å². The molecule has 1 saturated carbocycles. The third-order valence-electron chi connectivity index (χ3n) is 3.38. The zero-order valence-corrected chi connectivity index (χ0v) is 10.3. The maximum Gasteiger partial charge on any atom is 0.159 e. The normalized spacial score (nSPS) is 17.9. The van der Waals surface area contributed by atoms with Crippen molar-refractivity contribution in [2.75, 3.05) is 0 Å². The van der Waals surface area contributed by atoms with Gasteiger partial charge in [-0.25, -0.2) is 9.50 Å². The van der Waals surface area contributed by atoms with Crippen LogP contribution in [0.4, 0.5) is 0 Å². The first-order chi connectivity index (χ1) is 8.08. The lowest BCUT2D eigenvalue weighted by Gasteiger charge is -2.07. The monoisotopic (exact) mass is 230 g/mol. The summed E-state index contributed by atoms with van der Waals surface area (Å²) in [4.78, 5) is 4.52. The van der Waals surface area contributed by atoms with Crippen molar-refractivity contribution in [3.05, 3.63) is 29.7 Å². The molecular formula is C13H18N4. The molecule has 2 heterocycles. The highest BCUT2D eigenvalue weighted by molar-refractivity contribution is 5.52. The largest absolute Gasteiger partial charge is 0.321 e. The second kappa shape index (κ2) is 3.53. The maximum absolute atomic E-state index is 6.20. The Morgan fingerprint density at radius 1 is 1.41 bits per heavy atom. The quantitative estimate of drug-likeness (QED) is 0.875.